The molecule has 0 spiro atoms. The Balaban J connectivity index is -0.0000000646. The first-order chi connectivity index (χ1) is 4.15. The Morgan fingerprint density at radius 2 is 1.44 bits per heavy atom. The summed E-state index contributed by atoms with van der Waals surface area (Å²) in [6.07, 6.45) is 0. The van der Waals surface area contributed by atoms with Gasteiger partial charge >= 0.3 is 0 Å². The Morgan fingerprint density at radius 3 is 1.44 bits per heavy atom. The summed E-state index contributed by atoms with van der Waals surface area (Å²) >= 11 is 0. The molecule has 0 fully saturated rings. The fourth-order valence-electron chi connectivity index (χ4n) is 0. The van der Waals surface area contributed by atoms with E-state index in [0.717, 1.165) is 6.54 Å². The highest BCUT2D eigenvalue weighted by Gasteiger charge is 1.62. The van der Waals surface area contributed by atoms with Crippen LogP contribution >= 0.6 is 0 Å². The third-order valence-electron chi connectivity index (χ3n) is 0. The van der Waals surface area contributed by atoms with E-state index in [2.05, 4.69) is 0 Å². The zero-order chi connectivity index (χ0) is 8.28. The third kappa shape index (κ3) is 418. The first kappa shape index (κ1) is 15.7. The molecule has 0 saturated carbocycles. The first-order valence-corrected chi connectivity index (χ1v) is 2.61. The highest BCUT2D eigenvalue weighted by molar-refractivity contribution is 5.72. The van der Waals surface area contributed by atoms with E-state index in [1.165, 1.54) is 13.8 Å². The maximum Gasteiger partial charge on any atom is 0.126 e. The average molecular weight is 133 g/mol. The fourth-order valence-corrected chi connectivity index (χ4v) is 0. The van der Waals surface area contributed by atoms with Gasteiger partial charge in [-0.05, 0) is 20.4 Å². The predicted molar refractivity (Wildman–Crippen MR) is 38.2 cm³/mol. The number of nitrogens with two attached hydrogens (primary N) is 1. The largest absolute Gasteiger partial charge is 0.331 e. The minimum atomic E-state index is 0.167. The van der Waals surface area contributed by atoms with E-state index in [0.29, 0.717) is 0 Å². The fraction of sp³-hybridized carbons (Fsp3) is 0.667. The molecule has 0 amide bonds. The lowest BCUT2D eigenvalue weighted by Crippen LogP contribution is -1.87. The third-order valence-corrected chi connectivity index (χ3v) is 0. The van der Waals surface area contributed by atoms with Crippen molar-refractivity contribution in [1.29, 1.82) is 0 Å². The van der Waals surface area contributed by atoms with Gasteiger partial charge in [0.25, 0.3) is 0 Å². The number of carbonyl (C=O) groups is 2. The quantitative estimate of drug-likeness (QED) is 0.519. The normalized spacial score (nSPS) is 5.33. The van der Waals surface area contributed by atoms with Crippen LogP contribution in [0.15, 0.2) is 0 Å². The second-order valence-corrected chi connectivity index (χ2v) is 1.32. The van der Waals surface area contributed by atoms with Crippen molar-refractivity contribution in [3.8, 4) is 0 Å². The summed E-state index contributed by atoms with van der Waals surface area (Å²) in [5, 5.41) is 0. The standard InChI is InChI=1S/C3H6O.C2H7N.CH2O/c1-3(2)4;1-2-3;1-2/h1-2H3;2-3H2,1H3;1H2. The van der Waals surface area contributed by atoms with Crippen molar-refractivity contribution in [3.05, 3.63) is 0 Å². The van der Waals surface area contributed by atoms with Gasteiger partial charge in [0.2, 0.25) is 0 Å². The van der Waals surface area contributed by atoms with Crippen LogP contribution in [0, 0.1) is 0 Å². The van der Waals surface area contributed by atoms with Gasteiger partial charge in [-0.1, -0.05) is 6.92 Å². The van der Waals surface area contributed by atoms with Gasteiger partial charge in [-0.15, -0.1) is 0 Å². The molecule has 0 aromatic carbocycles. The number of carbonyl (C=O) groups excluding carboxylic acids is 2. The van der Waals surface area contributed by atoms with Crippen molar-refractivity contribution in [3.63, 3.8) is 0 Å². The summed E-state index contributed by atoms with van der Waals surface area (Å²) in [7, 11) is 0. The lowest BCUT2D eigenvalue weighted by Gasteiger charge is -1.56. The second kappa shape index (κ2) is 26.6. The highest BCUT2D eigenvalue weighted by atomic mass is 16.1. The van der Waals surface area contributed by atoms with Crippen LogP contribution in [0.3, 0.4) is 0 Å². The molecule has 0 rings (SSSR count). The van der Waals surface area contributed by atoms with E-state index in [1.807, 2.05) is 13.7 Å². The van der Waals surface area contributed by atoms with Gasteiger partial charge in [0.05, 0.1) is 0 Å². The number of rotatable bonds is 0. The van der Waals surface area contributed by atoms with Crippen LogP contribution in [0.1, 0.15) is 20.8 Å². The zero-order valence-electron chi connectivity index (χ0n) is 6.31. The van der Waals surface area contributed by atoms with Gasteiger partial charge in [0.1, 0.15) is 12.6 Å². The molecule has 9 heavy (non-hydrogen) atoms. The van der Waals surface area contributed by atoms with Gasteiger partial charge in [0.15, 0.2) is 0 Å². The summed E-state index contributed by atoms with van der Waals surface area (Å²) in [6, 6.07) is 0. The van der Waals surface area contributed by atoms with E-state index >= 15 is 0 Å². The van der Waals surface area contributed by atoms with Crippen LogP contribution in [-0.4, -0.2) is 19.1 Å². The minimum absolute atomic E-state index is 0.167. The summed E-state index contributed by atoms with van der Waals surface area (Å²) < 4.78 is 0. The summed E-state index contributed by atoms with van der Waals surface area (Å²) in [5.74, 6) is 0.167. The van der Waals surface area contributed by atoms with E-state index in [1.54, 1.807) is 0 Å². The molecule has 3 heteroatoms. The molecular formula is C6H15NO2. The van der Waals surface area contributed by atoms with Crippen LogP contribution in [0.2, 0.25) is 0 Å². The number of hydrogen-bond donors (Lipinski definition) is 1. The van der Waals surface area contributed by atoms with Crippen LogP contribution in [-0.2, 0) is 9.59 Å². The topological polar surface area (TPSA) is 60.2 Å². The lowest BCUT2D eigenvalue weighted by atomic mass is 10.6. The molecule has 0 radical (unpaired) electrons. The van der Waals surface area contributed by atoms with Crippen LogP contribution < -0.4 is 5.73 Å². The van der Waals surface area contributed by atoms with Crippen LogP contribution in [0.25, 0.3) is 0 Å². The molecule has 0 aliphatic rings. The monoisotopic (exact) mass is 133 g/mol. The van der Waals surface area contributed by atoms with E-state index < -0.39 is 0 Å². The minimum Gasteiger partial charge on any atom is -0.331 e. The van der Waals surface area contributed by atoms with Crippen molar-refractivity contribution in [2.24, 2.45) is 5.73 Å². The Kier molecular flexibility index (Phi) is 46.5. The molecule has 0 aromatic heterocycles. The Bertz CT molecular complexity index is 51.0. The molecule has 0 bridgehead atoms. The molecule has 56 valence electrons. The van der Waals surface area contributed by atoms with Crippen LogP contribution in [0.5, 0.6) is 0 Å². The van der Waals surface area contributed by atoms with E-state index in [9.17, 15) is 4.79 Å². The highest BCUT2D eigenvalue weighted by Crippen LogP contribution is 1.50. The Morgan fingerprint density at radius 1 is 1.44 bits per heavy atom. The molecule has 0 heterocycles. The van der Waals surface area contributed by atoms with Crippen molar-refractivity contribution >= 4 is 12.6 Å². The Hall–Kier alpha value is -0.700. The smallest absolute Gasteiger partial charge is 0.126 e. The molecule has 2 N–H and O–H groups in total. The number of ketones is 1. The molecule has 0 saturated heterocycles. The number of Topliss-reactive ketones (excluding diaryl/α,β-unsaturated/α-hetero) is 1. The zero-order valence-corrected chi connectivity index (χ0v) is 6.31. The van der Waals surface area contributed by atoms with Gasteiger partial charge in [0, 0.05) is 0 Å². The van der Waals surface area contributed by atoms with Gasteiger partial charge in [-0.3, -0.25) is 0 Å². The van der Waals surface area contributed by atoms with E-state index in [-0.39, 0.29) is 5.78 Å². The van der Waals surface area contributed by atoms with Crippen molar-refractivity contribution in [1.82, 2.24) is 0 Å². The van der Waals surface area contributed by atoms with Gasteiger partial charge < -0.3 is 15.3 Å². The summed E-state index contributed by atoms with van der Waals surface area (Å²) in [6.45, 7) is 7.71. The second-order valence-electron chi connectivity index (χ2n) is 1.32. The summed E-state index contributed by atoms with van der Waals surface area (Å²) in [5.41, 5.74) is 4.85. The SMILES string of the molecule is C=O.CC(C)=O.CCN. The maximum absolute atomic E-state index is 9.44. The molecule has 3 nitrogen and oxygen atoms in total. The molecule has 0 aliphatic heterocycles. The Labute approximate surface area is 56.2 Å². The lowest BCUT2D eigenvalue weighted by molar-refractivity contribution is -0.115. The van der Waals surface area contributed by atoms with Gasteiger partial charge in [-0.25, -0.2) is 0 Å². The van der Waals surface area contributed by atoms with E-state index in [4.69, 9.17) is 10.5 Å². The first-order valence-electron chi connectivity index (χ1n) is 2.61. The summed E-state index contributed by atoms with van der Waals surface area (Å²) in [4.78, 5) is 17.4. The van der Waals surface area contributed by atoms with Crippen LogP contribution in [0.4, 0.5) is 0 Å². The molecule has 0 aromatic rings. The predicted octanol–water partition coefficient (Wildman–Crippen LogP) is 0.375. The molecular weight excluding hydrogens is 118 g/mol. The van der Waals surface area contributed by atoms with Crippen molar-refractivity contribution in [2.75, 3.05) is 6.54 Å². The average Bonchev–Trinajstić information content (AvgIpc) is 1.71. The van der Waals surface area contributed by atoms with Crippen molar-refractivity contribution in [2.45, 2.75) is 20.8 Å². The molecule has 0 atom stereocenters. The number of hydrogen-bond acceptors (Lipinski definition) is 3. The van der Waals surface area contributed by atoms with Gasteiger partial charge in [-0.2, -0.15) is 0 Å². The molecule has 0 unspecified atom stereocenters. The van der Waals surface area contributed by atoms with Crippen molar-refractivity contribution < 1.29 is 9.59 Å². The molecule has 0 aliphatic carbocycles. The maximum atomic E-state index is 9.44.